The highest BCUT2D eigenvalue weighted by atomic mass is 16.3. The molecule has 2 N–H and O–H groups in total. The Labute approximate surface area is 155 Å². The van der Waals surface area contributed by atoms with E-state index in [2.05, 4.69) is 4.98 Å². The van der Waals surface area contributed by atoms with Crippen LogP contribution in [0.3, 0.4) is 0 Å². The summed E-state index contributed by atoms with van der Waals surface area (Å²) in [6, 6.07) is 13.5. The monoisotopic (exact) mass is 359 g/mol. The van der Waals surface area contributed by atoms with Gasteiger partial charge in [0.2, 0.25) is 0 Å². The number of nitrogens with zero attached hydrogens (tertiary/aromatic N) is 1. The second-order valence-corrected chi connectivity index (χ2v) is 6.47. The molecule has 0 spiro atoms. The van der Waals surface area contributed by atoms with Crippen LogP contribution in [-0.2, 0) is 6.42 Å². The van der Waals surface area contributed by atoms with E-state index in [0.29, 0.717) is 0 Å². The number of ketones is 1. The van der Waals surface area contributed by atoms with Crippen LogP contribution in [-0.4, -0.2) is 21.0 Å². The van der Waals surface area contributed by atoms with E-state index in [4.69, 9.17) is 4.42 Å². The Morgan fingerprint density at radius 2 is 1.93 bits per heavy atom. The number of carbonyl (C=O) groups is 1. The molecule has 0 saturated carbocycles. The lowest BCUT2D eigenvalue weighted by atomic mass is 9.96. The second-order valence-electron chi connectivity index (χ2n) is 6.47. The highest BCUT2D eigenvalue weighted by Crippen LogP contribution is 2.27. The van der Waals surface area contributed by atoms with E-state index in [1.807, 2.05) is 37.3 Å². The highest BCUT2D eigenvalue weighted by Gasteiger charge is 2.14. The van der Waals surface area contributed by atoms with Crippen molar-refractivity contribution in [3.05, 3.63) is 77.7 Å². The van der Waals surface area contributed by atoms with Gasteiger partial charge in [-0.3, -0.25) is 9.78 Å². The van der Waals surface area contributed by atoms with Crippen LogP contribution in [0.15, 0.2) is 65.4 Å². The van der Waals surface area contributed by atoms with Crippen molar-refractivity contribution in [2.75, 3.05) is 0 Å². The number of fused-ring (bicyclic) bond motifs is 1. The SMILES string of the molecule is Cc1cc(-c2cc3occc3cn2)ccc1CC(=O)c1ccc(O)cc1O. The molecule has 5 heteroatoms. The number of aryl methyl sites for hydroxylation is 1. The van der Waals surface area contributed by atoms with Crippen molar-refractivity contribution >= 4 is 16.8 Å². The van der Waals surface area contributed by atoms with E-state index < -0.39 is 0 Å². The van der Waals surface area contributed by atoms with Gasteiger partial charge in [-0.15, -0.1) is 0 Å². The molecule has 0 aliphatic heterocycles. The van der Waals surface area contributed by atoms with Gasteiger partial charge in [0.25, 0.3) is 0 Å². The number of furan rings is 1. The Kier molecular flexibility index (Phi) is 4.12. The molecule has 2 heterocycles. The second kappa shape index (κ2) is 6.61. The van der Waals surface area contributed by atoms with Gasteiger partial charge in [0, 0.05) is 35.7 Å². The lowest BCUT2D eigenvalue weighted by molar-refractivity contribution is 0.0990. The van der Waals surface area contributed by atoms with Gasteiger partial charge in [0.05, 0.1) is 17.5 Å². The molecule has 0 radical (unpaired) electrons. The van der Waals surface area contributed by atoms with E-state index >= 15 is 0 Å². The number of carbonyl (C=O) groups excluding carboxylic acids is 1. The summed E-state index contributed by atoms with van der Waals surface area (Å²) in [6.45, 7) is 1.94. The number of aromatic nitrogens is 1. The van der Waals surface area contributed by atoms with Gasteiger partial charge in [-0.2, -0.15) is 0 Å². The maximum Gasteiger partial charge on any atom is 0.170 e. The van der Waals surface area contributed by atoms with Gasteiger partial charge >= 0.3 is 0 Å². The van der Waals surface area contributed by atoms with E-state index in [9.17, 15) is 15.0 Å². The lowest BCUT2D eigenvalue weighted by Gasteiger charge is -2.09. The highest BCUT2D eigenvalue weighted by molar-refractivity contribution is 6.00. The molecule has 4 rings (SSSR count). The Bertz CT molecular complexity index is 1160. The molecule has 2 aromatic heterocycles. The third-order valence-electron chi connectivity index (χ3n) is 4.61. The summed E-state index contributed by atoms with van der Waals surface area (Å²) >= 11 is 0. The first-order chi connectivity index (χ1) is 13.0. The quantitative estimate of drug-likeness (QED) is 0.519. The Morgan fingerprint density at radius 3 is 2.70 bits per heavy atom. The molecule has 0 aliphatic rings. The van der Waals surface area contributed by atoms with Crippen molar-refractivity contribution in [3.63, 3.8) is 0 Å². The normalized spacial score (nSPS) is 11.0. The van der Waals surface area contributed by atoms with E-state index in [0.717, 1.165) is 33.4 Å². The lowest BCUT2D eigenvalue weighted by Crippen LogP contribution is -2.05. The largest absolute Gasteiger partial charge is 0.508 e. The Hall–Kier alpha value is -3.60. The molecule has 0 bridgehead atoms. The molecule has 27 heavy (non-hydrogen) atoms. The van der Waals surface area contributed by atoms with E-state index in [1.54, 1.807) is 12.5 Å². The molecule has 134 valence electrons. The molecule has 4 aromatic rings. The van der Waals surface area contributed by atoms with Gasteiger partial charge < -0.3 is 14.6 Å². The number of Topliss-reactive ketones (excluding diaryl/α,β-unsaturated/α-hetero) is 1. The maximum absolute atomic E-state index is 12.5. The molecule has 2 aromatic carbocycles. The van der Waals surface area contributed by atoms with Crippen molar-refractivity contribution in [3.8, 4) is 22.8 Å². The summed E-state index contributed by atoms with van der Waals surface area (Å²) in [5.74, 6) is -0.505. The molecule has 0 saturated heterocycles. The molecular weight excluding hydrogens is 342 g/mol. The molecule has 0 atom stereocenters. The Morgan fingerprint density at radius 1 is 1.07 bits per heavy atom. The van der Waals surface area contributed by atoms with Crippen molar-refractivity contribution in [1.29, 1.82) is 0 Å². The topological polar surface area (TPSA) is 83.6 Å². The third-order valence-corrected chi connectivity index (χ3v) is 4.61. The van der Waals surface area contributed by atoms with Gasteiger partial charge in [-0.25, -0.2) is 0 Å². The van der Waals surface area contributed by atoms with Gasteiger partial charge in [-0.05, 0) is 42.3 Å². The van der Waals surface area contributed by atoms with Crippen LogP contribution >= 0.6 is 0 Å². The van der Waals surface area contributed by atoms with Crippen LogP contribution in [0.4, 0.5) is 0 Å². The number of phenolic OH excluding ortho intramolecular Hbond substituents is 2. The summed E-state index contributed by atoms with van der Waals surface area (Å²) in [5, 5.41) is 20.2. The maximum atomic E-state index is 12.5. The van der Waals surface area contributed by atoms with Crippen LogP contribution in [0.2, 0.25) is 0 Å². The number of rotatable bonds is 4. The molecule has 0 aliphatic carbocycles. The van der Waals surface area contributed by atoms with Crippen molar-refractivity contribution in [2.45, 2.75) is 13.3 Å². The van der Waals surface area contributed by atoms with Gasteiger partial charge in [-0.1, -0.05) is 12.1 Å². The smallest absolute Gasteiger partial charge is 0.170 e. The predicted octanol–water partition coefficient (Wildman–Crippen LogP) is 4.64. The van der Waals surface area contributed by atoms with Crippen LogP contribution in [0, 0.1) is 6.92 Å². The standard InChI is InChI=1S/C22H17NO4/c1-13-8-15(19-11-22-16(12-23-19)6-7-27-22)3-2-14(13)9-20(25)18-5-4-17(24)10-21(18)26/h2-8,10-12,24,26H,9H2,1H3. The van der Waals surface area contributed by atoms with Crippen LogP contribution in [0.25, 0.3) is 22.2 Å². The number of hydrogen-bond donors (Lipinski definition) is 2. The van der Waals surface area contributed by atoms with E-state index in [1.165, 1.54) is 18.2 Å². The number of hydrogen-bond acceptors (Lipinski definition) is 5. The minimum absolute atomic E-state index is 0.0781. The fraction of sp³-hybridized carbons (Fsp3) is 0.0909. The van der Waals surface area contributed by atoms with Crippen molar-refractivity contribution in [1.82, 2.24) is 4.98 Å². The van der Waals surface area contributed by atoms with Crippen molar-refractivity contribution < 1.29 is 19.4 Å². The third kappa shape index (κ3) is 3.27. The number of pyridine rings is 1. The molecular formula is C22H17NO4. The predicted molar refractivity (Wildman–Crippen MR) is 102 cm³/mol. The molecule has 0 fully saturated rings. The first kappa shape index (κ1) is 16.8. The fourth-order valence-electron chi connectivity index (χ4n) is 3.09. The summed E-state index contributed by atoms with van der Waals surface area (Å²) < 4.78 is 5.43. The first-order valence-corrected chi connectivity index (χ1v) is 8.49. The summed E-state index contributed by atoms with van der Waals surface area (Å²) in [6.07, 6.45) is 3.57. The summed E-state index contributed by atoms with van der Waals surface area (Å²) in [5.41, 5.74) is 4.54. The van der Waals surface area contributed by atoms with Crippen LogP contribution < -0.4 is 0 Å². The van der Waals surface area contributed by atoms with Crippen LogP contribution in [0.5, 0.6) is 11.5 Å². The average molecular weight is 359 g/mol. The zero-order valence-electron chi connectivity index (χ0n) is 14.6. The zero-order valence-corrected chi connectivity index (χ0v) is 14.6. The molecule has 0 unspecified atom stereocenters. The number of phenols is 2. The fourth-order valence-corrected chi connectivity index (χ4v) is 3.09. The number of aromatic hydroxyl groups is 2. The number of benzene rings is 2. The first-order valence-electron chi connectivity index (χ1n) is 8.49. The zero-order chi connectivity index (χ0) is 19.0. The van der Waals surface area contributed by atoms with Crippen molar-refractivity contribution in [2.24, 2.45) is 0 Å². The minimum atomic E-state index is -0.217. The molecule has 0 amide bonds. The van der Waals surface area contributed by atoms with Gasteiger partial charge in [0.15, 0.2) is 5.78 Å². The van der Waals surface area contributed by atoms with E-state index in [-0.39, 0.29) is 29.3 Å². The average Bonchev–Trinajstić information content (AvgIpc) is 3.11. The Balaban J connectivity index is 1.60. The summed E-state index contributed by atoms with van der Waals surface area (Å²) in [4.78, 5) is 17.0. The van der Waals surface area contributed by atoms with Gasteiger partial charge in [0.1, 0.15) is 17.1 Å². The van der Waals surface area contributed by atoms with Crippen LogP contribution in [0.1, 0.15) is 21.5 Å². The molecule has 5 nitrogen and oxygen atoms in total. The summed E-state index contributed by atoms with van der Waals surface area (Å²) in [7, 11) is 0. The minimum Gasteiger partial charge on any atom is -0.508 e.